The van der Waals surface area contributed by atoms with Crippen LogP contribution in [0.5, 0.6) is 0 Å². The van der Waals surface area contributed by atoms with Crippen molar-refractivity contribution in [3.63, 3.8) is 0 Å². The Hall–Kier alpha value is -1.85. The van der Waals surface area contributed by atoms with Crippen molar-refractivity contribution >= 4 is 12.1 Å². The number of carbonyl (C=O) groups is 1. The Morgan fingerprint density at radius 3 is 2.13 bits per heavy atom. The fourth-order valence-electron chi connectivity index (χ4n) is 1.43. The molecule has 0 amide bonds. The van der Waals surface area contributed by atoms with E-state index in [0.717, 1.165) is 4.57 Å². The van der Waals surface area contributed by atoms with Crippen LogP contribution in [0, 0.1) is 0 Å². The summed E-state index contributed by atoms with van der Waals surface area (Å²) in [6.07, 6.45) is 0.384. The van der Waals surface area contributed by atoms with Crippen molar-refractivity contribution in [1.82, 2.24) is 9.13 Å². The molecular formula is C9H13N3O3. The average molecular weight is 211 g/mol. The van der Waals surface area contributed by atoms with E-state index in [1.807, 2.05) is 0 Å². The number of nitrogens with zero attached hydrogens (tertiary/aromatic N) is 2. The molecule has 0 saturated carbocycles. The standard InChI is InChI=1S/C9H13N3O3/c1-3-11-7(10)6(5-13)8(14)12(4-2)9(11)15/h5H,3-4,10H2,1-2H3. The van der Waals surface area contributed by atoms with E-state index in [1.54, 1.807) is 13.8 Å². The zero-order valence-electron chi connectivity index (χ0n) is 8.69. The Kier molecular flexibility index (Phi) is 3.08. The molecule has 2 N–H and O–H groups in total. The van der Waals surface area contributed by atoms with Gasteiger partial charge >= 0.3 is 5.69 Å². The fraction of sp³-hybridized carbons (Fsp3) is 0.444. The van der Waals surface area contributed by atoms with Crippen LogP contribution in [0.4, 0.5) is 5.82 Å². The van der Waals surface area contributed by atoms with E-state index in [9.17, 15) is 14.4 Å². The first-order chi connectivity index (χ1) is 7.08. The lowest BCUT2D eigenvalue weighted by Gasteiger charge is -2.11. The quantitative estimate of drug-likeness (QED) is 0.679. The number of nitrogen functional groups attached to an aromatic ring is 1. The molecule has 1 aromatic rings. The zero-order chi connectivity index (χ0) is 11.6. The van der Waals surface area contributed by atoms with Gasteiger partial charge in [-0.15, -0.1) is 0 Å². The third kappa shape index (κ3) is 1.58. The molecule has 0 aromatic carbocycles. The molecule has 0 unspecified atom stereocenters. The van der Waals surface area contributed by atoms with Gasteiger partial charge in [0.15, 0.2) is 6.29 Å². The van der Waals surface area contributed by atoms with Crippen LogP contribution in [0.1, 0.15) is 24.2 Å². The number of anilines is 1. The van der Waals surface area contributed by atoms with Crippen LogP contribution in [0.3, 0.4) is 0 Å². The zero-order valence-corrected chi connectivity index (χ0v) is 8.69. The highest BCUT2D eigenvalue weighted by atomic mass is 16.2. The van der Waals surface area contributed by atoms with Gasteiger partial charge in [-0.25, -0.2) is 4.79 Å². The van der Waals surface area contributed by atoms with E-state index in [4.69, 9.17) is 5.73 Å². The normalized spacial score (nSPS) is 10.3. The summed E-state index contributed by atoms with van der Waals surface area (Å²) in [5.74, 6) is -0.0628. The molecule has 0 saturated heterocycles. The lowest BCUT2D eigenvalue weighted by atomic mass is 10.3. The molecule has 82 valence electrons. The molecule has 1 heterocycles. The van der Waals surface area contributed by atoms with Crippen molar-refractivity contribution in [1.29, 1.82) is 0 Å². The summed E-state index contributed by atoms with van der Waals surface area (Å²) in [4.78, 5) is 33.9. The molecule has 0 fully saturated rings. The van der Waals surface area contributed by atoms with Gasteiger partial charge < -0.3 is 5.73 Å². The summed E-state index contributed by atoms with van der Waals surface area (Å²) in [6.45, 7) is 3.93. The minimum absolute atomic E-state index is 0.0628. The highest BCUT2D eigenvalue weighted by molar-refractivity contribution is 5.80. The minimum Gasteiger partial charge on any atom is -0.384 e. The molecule has 6 nitrogen and oxygen atoms in total. The molecule has 0 spiro atoms. The highest BCUT2D eigenvalue weighted by Crippen LogP contribution is 2.00. The minimum atomic E-state index is -0.625. The molecule has 15 heavy (non-hydrogen) atoms. The van der Waals surface area contributed by atoms with E-state index in [1.165, 1.54) is 4.57 Å². The topological polar surface area (TPSA) is 87.1 Å². The molecule has 0 atom stereocenters. The first-order valence-corrected chi connectivity index (χ1v) is 4.66. The second-order valence-corrected chi connectivity index (χ2v) is 2.99. The van der Waals surface area contributed by atoms with Crippen molar-refractivity contribution in [3.05, 3.63) is 26.4 Å². The number of carbonyl (C=O) groups excluding carboxylic acids is 1. The Bertz CT molecular complexity index is 499. The second kappa shape index (κ2) is 4.12. The summed E-state index contributed by atoms with van der Waals surface area (Å²) in [5, 5.41) is 0. The monoisotopic (exact) mass is 211 g/mol. The third-order valence-corrected chi connectivity index (χ3v) is 2.25. The first-order valence-electron chi connectivity index (χ1n) is 4.66. The van der Waals surface area contributed by atoms with Gasteiger partial charge in [0.1, 0.15) is 11.4 Å². The first kappa shape index (κ1) is 11.2. The van der Waals surface area contributed by atoms with Gasteiger partial charge in [-0.2, -0.15) is 0 Å². The SMILES string of the molecule is CCn1c(N)c(C=O)c(=O)n(CC)c1=O. The van der Waals surface area contributed by atoms with Crippen molar-refractivity contribution in [2.24, 2.45) is 0 Å². The third-order valence-electron chi connectivity index (χ3n) is 2.25. The number of nitrogens with two attached hydrogens (primary N) is 1. The highest BCUT2D eigenvalue weighted by Gasteiger charge is 2.14. The Balaban J connectivity index is 3.81. The van der Waals surface area contributed by atoms with E-state index in [0.29, 0.717) is 12.8 Å². The van der Waals surface area contributed by atoms with Gasteiger partial charge in [-0.3, -0.25) is 18.7 Å². The maximum Gasteiger partial charge on any atom is 0.332 e. The van der Waals surface area contributed by atoms with E-state index in [2.05, 4.69) is 0 Å². The summed E-state index contributed by atoms with van der Waals surface area (Å²) >= 11 is 0. The number of hydrogen-bond donors (Lipinski definition) is 1. The molecule has 1 rings (SSSR count). The van der Waals surface area contributed by atoms with Crippen LogP contribution < -0.4 is 17.0 Å². The Morgan fingerprint density at radius 1 is 1.20 bits per heavy atom. The maximum absolute atomic E-state index is 11.7. The number of rotatable bonds is 3. The summed E-state index contributed by atoms with van der Waals surface area (Å²) in [5.41, 5.74) is 4.29. The molecule has 0 aliphatic carbocycles. The molecular weight excluding hydrogens is 198 g/mol. The van der Waals surface area contributed by atoms with Crippen LogP contribution in [0.2, 0.25) is 0 Å². The van der Waals surface area contributed by atoms with Gasteiger partial charge in [0.2, 0.25) is 0 Å². The number of aldehydes is 1. The van der Waals surface area contributed by atoms with Gasteiger partial charge in [0.05, 0.1) is 0 Å². The van der Waals surface area contributed by atoms with Crippen LogP contribution in [0.15, 0.2) is 9.59 Å². The van der Waals surface area contributed by atoms with Crippen LogP contribution >= 0.6 is 0 Å². The lowest BCUT2D eigenvalue weighted by Crippen LogP contribution is -2.42. The van der Waals surface area contributed by atoms with Gasteiger partial charge in [-0.1, -0.05) is 0 Å². The Morgan fingerprint density at radius 2 is 1.73 bits per heavy atom. The molecule has 0 bridgehead atoms. The number of hydrogen-bond acceptors (Lipinski definition) is 4. The van der Waals surface area contributed by atoms with E-state index in [-0.39, 0.29) is 17.9 Å². The van der Waals surface area contributed by atoms with Gasteiger partial charge in [0, 0.05) is 13.1 Å². The van der Waals surface area contributed by atoms with Crippen molar-refractivity contribution in [3.8, 4) is 0 Å². The lowest BCUT2D eigenvalue weighted by molar-refractivity contribution is 0.112. The Labute approximate surface area is 85.9 Å². The predicted molar refractivity (Wildman–Crippen MR) is 56.1 cm³/mol. The van der Waals surface area contributed by atoms with Crippen molar-refractivity contribution < 1.29 is 4.79 Å². The molecule has 0 aliphatic heterocycles. The average Bonchev–Trinajstić information content (AvgIpc) is 2.19. The maximum atomic E-state index is 11.7. The van der Waals surface area contributed by atoms with Gasteiger partial charge in [0.25, 0.3) is 5.56 Å². The van der Waals surface area contributed by atoms with Crippen LogP contribution in [0.25, 0.3) is 0 Å². The van der Waals surface area contributed by atoms with E-state index < -0.39 is 11.2 Å². The summed E-state index contributed by atoms with van der Waals surface area (Å²) in [6, 6.07) is 0. The van der Waals surface area contributed by atoms with Crippen LogP contribution in [-0.4, -0.2) is 15.4 Å². The summed E-state index contributed by atoms with van der Waals surface area (Å²) < 4.78 is 2.19. The van der Waals surface area contributed by atoms with Crippen LogP contribution in [-0.2, 0) is 13.1 Å². The summed E-state index contributed by atoms with van der Waals surface area (Å²) in [7, 11) is 0. The predicted octanol–water partition coefficient (Wildman–Crippen LogP) is -0.555. The van der Waals surface area contributed by atoms with Gasteiger partial charge in [-0.05, 0) is 13.8 Å². The molecule has 6 heteroatoms. The molecule has 0 radical (unpaired) electrons. The largest absolute Gasteiger partial charge is 0.384 e. The fourth-order valence-corrected chi connectivity index (χ4v) is 1.43. The smallest absolute Gasteiger partial charge is 0.332 e. The molecule has 1 aromatic heterocycles. The van der Waals surface area contributed by atoms with Crippen molar-refractivity contribution in [2.75, 3.05) is 5.73 Å². The van der Waals surface area contributed by atoms with Crippen molar-refractivity contribution in [2.45, 2.75) is 26.9 Å². The van der Waals surface area contributed by atoms with E-state index >= 15 is 0 Å². The number of aromatic nitrogens is 2. The molecule has 0 aliphatic rings. The second-order valence-electron chi connectivity index (χ2n) is 2.99.